The lowest BCUT2D eigenvalue weighted by Gasteiger charge is -2.33. The molecule has 0 atom stereocenters. The molecular weight excluding hydrogens is 577 g/mol. The van der Waals surface area contributed by atoms with E-state index >= 15 is 0 Å². The highest BCUT2D eigenvalue weighted by Crippen LogP contribution is 2.43. The van der Waals surface area contributed by atoms with Gasteiger partial charge in [0.05, 0.1) is 11.0 Å². The van der Waals surface area contributed by atoms with Gasteiger partial charge in [-0.2, -0.15) is 0 Å². The average Bonchev–Trinajstić information content (AvgIpc) is 3.68. The van der Waals surface area contributed by atoms with E-state index in [1.807, 2.05) is 24.3 Å². The summed E-state index contributed by atoms with van der Waals surface area (Å²) in [6.45, 7) is -0.294. The van der Waals surface area contributed by atoms with Gasteiger partial charge in [0.1, 0.15) is 28.4 Å². The number of furan rings is 1. The second-order valence-electron chi connectivity index (χ2n) is 12.4. The van der Waals surface area contributed by atoms with Gasteiger partial charge in [-0.05, 0) is 77.4 Å². The molecule has 4 heterocycles. The molecule has 0 N–H and O–H groups in total. The Hall–Kier alpha value is -6.20. The Morgan fingerprint density at radius 3 is 2.04 bits per heavy atom. The largest absolute Gasteiger partial charge is 0.551 e. The van der Waals surface area contributed by atoms with Crippen molar-refractivity contribution in [2.24, 2.45) is 0 Å². The van der Waals surface area contributed by atoms with Crippen LogP contribution in [0.5, 0.6) is 17.2 Å². The summed E-state index contributed by atoms with van der Waals surface area (Å²) in [5, 5.41) is 4.72. The molecule has 9 aromatic rings. The lowest BCUT2D eigenvalue weighted by molar-refractivity contribution is 0.479. The first kappa shape index (κ1) is 25.0. The topological polar surface area (TPSA) is 36.5 Å². The molecular formula is C42H24BNO3. The van der Waals surface area contributed by atoms with Crippen LogP contribution in [-0.4, -0.2) is 11.5 Å². The number of fused-ring (bicyclic) bond motifs is 10. The zero-order valence-corrected chi connectivity index (χ0v) is 25.1. The Labute approximate surface area is 270 Å². The number of hydrogen-bond donors (Lipinski definition) is 0. The molecule has 0 spiro atoms. The molecule has 5 heteroatoms. The highest BCUT2D eigenvalue weighted by atomic mass is 16.5. The van der Waals surface area contributed by atoms with E-state index in [9.17, 15) is 0 Å². The maximum atomic E-state index is 6.94. The van der Waals surface area contributed by atoms with Gasteiger partial charge in [0.2, 0.25) is 0 Å². The summed E-state index contributed by atoms with van der Waals surface area (Å²) in [5.41, 5.74) is 11.8. The van der Waals surface area contributed by atoms with E-state index in [-0.39, 0.29) is 6.92 Å². The minimum atomic E-state index is -0.294. The molecule has 0 bridgehead atoms. The quantitative estimate of drug-likeness (QED) is 0.185. The summed E-state index contributed by atoms with van der Waals surface area (Å²) in [6, 6.07) is 51.0. The van der Waals surface area contributed by atoms with E-state index < -0.39 is 0 Å². The Morgan fingerprint density at radius 2 is 1.19 bits per heavy atom. The summed E-state index contributed by atoms with van der Waals surface area (Å²) in [6.07, 6.45) is 0. The molecule has 7 aromatic carbocycles. The van der Waals surface area contributed by atoms with E-state index in [1.54, 1.807) is 0 Å². The van der Waals surface area contributed by atoms with Crippen LogP contribution in [0.1, 0.15) is 0 Å². The maximum Gasteiger partial charge on any atom is 0.434 e. The maximum absolute atomic E-state index is 6.94. The van der Waals surface area contributed by atoms with E-state index in [1.165, 1.54) is 21.8 Å². The van der Waals surface area contributed by atoms with Crippen LogP contribution in [0.4, 0.5) is 0 Å². The van der Waals surface area contributed by atoms with Crippen LogP contribution in [0.25, 0.3) is 71.7 Å². The molecule has 0 saturated carbocycles. The number of benzene rings is 7. The number of rotatable bonds is 2. The second-order valence-corrected chi connectivity index (χ2v) is 12.4. The lowest BCUT2D eigenvalue weighted by Crippen LogP contribution is -2.53. The van der Waals surface area contributed by atoms with Gasteiger partial charge in [-0.25, -0.2) is 0 Å². The molecule has 0 aliphatic carbocycles. The summed E-state index contributed by atoms with van der Waals surface area (Å²) >= 11 is 0. The molecule has 0 radical (unpaired) electrons. The van der Waals surface area contributed by atoms with Gasteiger partial charge < -0.3 is 18.4 Å². The highest BCUT2D eigenvalue weighted by Gasteiger charge is 2.41. The number of aromatic nitrogens is 1. The minimum Gasteiger partial charge on any atom is -0.551 e. The smallest absolute Gasteiger partial charge is 0.434 e. The monoisotopic (exact) mass is 601 g/mol. The van der Waals surface area contributed by atoms with Gasteiger partial charge >= 0.3 is 6.92 Å². The first-order valence-corrected chi connectivity index (χ1v) is 16.0. The van der Waals surface area contributed by atoms with E-state index in [0.717, 1.165) is 78.1 Å². The van der Waals surface area contributed by atoms with Crippen LogP contribution in [0, 0.1) is 0 Å². The normalized spacial score (nSPS) is 13.0. The molecule has 0 unspecified atom stereocenters. The summed E-state index contributed by atoms with van der Waals surface area (Å²) < 4.78 is 22.1. The second kappa shape index (κ2) is 9.18. The third kappa shape index (κ3) is 3.43. The molecule has 11 rings (SSSR count). The summed E-state index contributed by atoms with van der Waals surface area (Å²) in [7, 11) is 0. The molecule has 2 aliphatic heterocycles. The molecule has 2 aliphatic rings. The van der Waals surface area contributed by atoms with Crippen LogP contribution >= 0.6 is 0 Å². The van der Waals surface area contributed by atoms with Crippen molar-refractivity contribution < 1.29 is 13.8 Å². The van der Waals surface area contributed by atoms with Crippen molar-refractivity contribution in [3.05, 3.63) is 146 Å². The van der Waals surface area contributed by atoms with Gasteiger partial charge in [-0.3, -0.25) is 0 Å². The third-order valence-electron chi connectivity index (χ3n) is 9.89. The zero-order valence-electron chi connectivity index (χ0n) is 25.1. The minimum absolute atomic E-state index is 0.294. The Kier molecular flexibility index (Phi) is 4.89. The highest BCUT2D eigenvalue weighted by molar-refractivity contribution is 6.84. The third-order valence-corrected chi connectivity index (χ3v) is 9.89. The van der Waals surface area contributed by atoms with Crippen molar-refractivity contribution in [2.45, 2.75) is 0 Å². The lowest BCUT2D eigenvalue weighted by atomic mass is 9.51. The molecule has 0 amide bonds. The predicted octanol–water partition coefficient (Wildman–Crippen LogP) is 9.62. The van der Waals surface area contributed by atoms with Crippen molar-refractivity contribution in [3.8, 4) is 45.2 Å². The van der Waals surface area contributed by atoms with E-state index in [0.29, 0.717) is 0 Å². The van der Waals surface area contributed by atoms with Gasteiger partial charge in [0.25, 0.3) is 0 Å². The van der Waals surface area contributed by atoms with Gasteiger partial charge in [-0.15, -0.1) is 0 Å². The van der Waals surface area contributed by atoms with Crippen LogP contribution < -0.4 is 20.3 Å². The fourth-order valence-electron chi connectivity index (χ4n) is 7.86. The van der Waals surface area contributed by atoms with Crippen LogP contribution in [-0.2, 0) is 0 Å². The number of hydrogen-bond acceptors (Lipinski definition) is 3. The van der Waals surface area contributed by atoms with E-state index in [4.69, 9.17) is 13.8 Å². The fourth-order valence-corrected chi connectivity index (χ4v) is 7.86. The number of ether oxygens (including phenoxy) is 1. The van der Waals surface area contributed by atoms with Crippen molar-refractivity contribution in [2.75, 3.05) is 0 Å². The predicted molar refractivity (Wildman–Crippen MR) is 191 cm³/mol. The molecule has 4 nitrogen and oxygen atoms in total. The summed E-state index contributed by atoms with van der Waals surface area (Å²) in [4.78, 5) is 0. The van der Waals surface area contributed by atoms with Crippen molar-refractivity contribution in [1.82, 2.24) is 4.57 Å². The Morgan fingerprint density at radius 1 is 0.489 bits per heavy atom. The molecule has 0 fully saturated rings. The average molecular weight is 601 g/mol. The fraction of sp³-hybridized carbons (Fsp3) is 0. The standard InChI is InChI=1S/C42H24BNO3/c1-4-14-34-28(9-1)29-10-2-5-15-35(29)44(34)26-20-22-38-33(24-26)43-42-30(13-8-18-40(42)46-38)32-23-25(19-21-37(32)47-43)27-12-7-17-39-41(27)31-11-3-6-16-36(31)45-39/h1-24H. The van der Waals surface area contributed by atoms with Crippen molar-refractivity contribution >= 4 is 61.6 Å². The summed E-state index contributed by atoms with van der Waals surface area (Å²) in [5.74, 6) is 2.52. The van der Waals surface area contributed by atoms with Crippen LogP contribution in [0.3, 0.4) is 0 Å². The molecule has 2 aromatic heterocycles. The molecule has 0 saturated heterocycles. The Bertz CT molecular complexity index is 2720. The zero-order chi connectivity index (χ0) is 30.6. The first-order chi connectivity index (χ1) is 23.3. The van der Waals surface area contributed by atoms with Crippen LogP contribution in [0.2, 0.25) is 0 Å². The molecule has 218 valence electrons. The molecule has 47 heavy (non-hydrogen) atoms. The van der Waals surface area contributed by atoms with Gasteiger partial charge in [0, 0.05) is 43.7 Å². The number of para-hydroxylation sites is 3. The van der Waals surface area contributed by atoms with Crippen LogP contribution in [0.15, 0.2) is 150 Å². The SMILES string of the molecule is c1cc2c3c(c1)-c1cc(-c4cccc5oc6ccccc6c45)ccc1OB3c1cc(-n3c4ccccc4c4ccccc43)ccc1O2. The van der Waals surface area contributed by atoms with Crippen molar-refractivity contribution in [1.29, 1.82) is 0 Å². The Balaban J connectivity index is 1.08. The van der Waals surface area contributed by atoms with E-state index in [2.05, 4.69) is 126 Å². The van der Waals surface area contributed by atoms with Crippen molar-refractivity contribution in [3.63, 3.8) is 0 Å². The number of nitrogens with zero attached hydrogens (tertiary/aromatic N) is 1. The van der Waals surface area contributed by atoms with Gasteiger partial charge in [0.15, 0.2) is 0 Å². The van der Waals surface area contributed by atoms with Gasteiger partial charge in [-0.1, -0.05) is 84.9 Å². The first-order valence-electron chi connectivity index (χ1n) is 16.0.